The molecule has 1 aliphatic heterocycles. The molecule has 1 heterocycles. The molecule has 0 amide bonds. The normalized spacial score (nSPS) is 23.8. The first kappa shape index (κ1) is 19.8. The SMILES string of the molecule is CN=C(NCCN1CCCCC1)NC1CC1c1ccccc1OC(F)(F)F. The van der Waals surface area contributed by atoms with Crippen molar-refractivity contribution in [1.82, 2.24) is 15.5 Å². The molecule has 27 heavy (non-hydrogen) atoms. The molecule has 8 heteroatoms. The van der Waals surface area contributed by atoms with Gasteiger partial charge in [-0.15, -0.1) is 13.2 Å². The van der Waals surface area contributed by atoms with Gasteiger partial charge in [0.15, 0.2) is 5.96 Å². The molecule has 3 rings (SSSR count). The van der Waals surface area contributed by atoms with Crippen molar-refractivity contribution in [3.63, 3.8) is 0 Å². The molecule has 0 spiro atoms. The minimum Gasteiger partial charge on any atom is -0.405 e. The maximum absolute atomic E-state index is 12.6. The lowest BCUT2D eigenvalue weighted by Crippen LogP contribution is -2.43. The predicted octanol–water partition coefficient (Wildman–Crippen LogP) is 3.09. The van der Waals surface area contributed by atoms with Crippen molar-refractivity contribution < 1.29 is 17.9 Å². The second kappa shape index (κ2) is 8.82. The maximum atomic E-state index is 12.6. The van der Waals surface area contributed by atoms with Gasteiger partial charge in [0.1, 0.15) is 5.75 Å². The van der Waals surface area contributed by atoms with E-state index in [4.69, 9.17) is 0 Å². The van der Waals surface area contributed by atoms with Gasteiger partial charge in [-0.25, -0.2) is 0 Å². The van der Waals surface area contributed by atoms with Gasteiger partial charge in [0.25, 0.3) is 0 Å². The van der Waals surface area contributed by atoms with E-state index in [0.29, 0.717) is 11.5 Å². The number of alkyl halides is 3. The quantitative estimate of drug-likeness (QED) is 0.585. The summed E-state index contributed by atoms with van der Waals surface area (Å²) in [6, 6.07) is 6.41. The van der Waals surface area contributed by atoms with Crippen LogP contribution in [-0.2, 0) is 0 Å². The number of hydrogen-bond donors (Lipinski definition) is 2. The second-order valence-electron chi connectivity index (χ2n) is 7.08. The van der Waals surface area contributed by atoms with E-state index in [1.54, 1.807) is 25.2 Å². The molecule has 2 fully saturated rings. The van der Waals surface area contributed by atoms with Crippen molar-refractivity contribution in [1.29, 1.82) is 0 Å². The number of ether oxygens (including phenoxy) is 1. The third-order valence-corrected chi connectivity index (χ3v) is 5.05. The first-order valence-electron chi connectivity index (χ1n) is 9.50. The Labute approximate surface area is 158 Å². The molecule has 2 atom stereocenters. The van der Waals surface area contributed by atoms with Gasteiger partial charge in [-0.2, -0.15) is 0 Å². The lowest BCUT2D eigenvalue weighted by atomic mass is 10.1. The van der Waals surface area contributed by atoms with Crippen molar-refractivity contribution in [3.8, 4) is 5.75 Å². The highest BCUT2D eigenvalue weighted by Crippen LogP contribution is 2.45. The Hall–Kier alpha value is -1.96. The molecular formula is C19H27F3N4O. The molecule has 150 valence electrons. The van der Waals surface area contributed by atoms with Gasteiger partial charge in [-0.05, 0) is 44.0 Å². The Kier molecular flexibility index (Phi) is 6.46. The van der Waals surface area contributed by atoms with E-state index in [1.165, 1.54) is 25.3 Å². The number of benzene rings is 1. The van der Waals surface area contributed by atoms with Gasteiger partial charge in [0.05, 0.1) is 0 Å². The number of nitrogens with one attached hydrogen (secondary N) is 2. The van der Waals surface area contributed by atoms with E-state index in [-0.39, 0.29) is 17.7 Å². The summed E-state index contributed by atoms with van der Waals surface area (Å²) in [6.07, 6.45) is -0.0902. The van der Waals surface area contributed by atoms with E-state index < -0.39 is 6.36 Å². The lowest BCUT2D eigenvalue weighted by Gasteiger charge is -2.26. The molecule has 0 radical (unpaired) electrons. The van der Waals surface area contributed by atoms with Crippen LogP contribution in [0, 0.1) is 0 Å². The number of para-hydroxylation sites is 1. The van der Waals surface area contributed by atoms with Gasteiger partial charge in [0, 0.05) is 32.1 Å². The van der Waals surface area contributed by atoms with Gasteiger partial charge in [-0.1, -0.05) is 24.6 Å². The highest BCUT2D eigenvalue weighted by atomic mass is 19.4. The number of nitrogens with zero attached hydrogens (tertiary/aromatic N) is 2. The van der Waals surface area contributed by atoms with Crippen molar-refractivity contribution in [2.24, 2.45) is 4.99 Å². The minimum absolute atomic E-state index is 0.0100. The van der Waals surface area contributed by atoms with Crippen LogP contribution < -0.4 is 15.4 Å². The number of guanidine groups is 1. The molecule has 2 N–H and O–H groups in total. The summed E-state index contributed by atoms with van der Waals surface area (Å²) in [5.41, 5.74) is 0.580. The third kappa shape index (κ3) is 6.02. The predicted molar refractivity (Wildman–Crippen MR) is 99.1 cm³/mol. The number of rotatable bonds is 6. The van der Waals surface area contributed by atoms with E-state index in [2.05, 4.69) is 25.3 Å². The average Bonchev–Trinajstić information content (AvgIpc) is 3.40. The van der Waals surface area contributed by atoms with Crippen LogP contribution in [0.3, 0.4) is 0 Å². The van der Waals surface area contributed by atoms with Crippen molar-refractivity contribution in [2.45, 2.75) is 44.0 Å². The molecule has 1 saturated carbocycles. The summed E-state index contributed by atoms with van der Waals surface area (Å²) in [6.45, 7) is 4.06. The van der Waals surface area contributed by atoms with Crippen LogP contribution in [0.15, 0.2) is 29.3 Å². The molecule has 0 aromatic heterocycles. The number of hydrogen-bond acceptors (Lipinski definition) is 3. The Morgan fingerprint density at radius 2 is 1.96 bits per heavy atom. The highest BCUT2D eigenvalue weighted by molar-refractivity contribution is 5.80. The molecule has 5 nitrogen and oxygen atoms in total. The molecule has 2 unspecified atom stereocenters. The summed E-state index contributed by atoms with van der Waals surface area (Å²) in [7, 11) is 1.70. The van der Waals surface area contributed by atoms with Crippen LogP contribution in [-0.4, -0.2) is 56.5 Å². The lowest BCUT2D eigenvalue weighted by molar-refractivity contribution is -0.274. The van der Waals surface area contributed by atoms with Crippen LogP contribution in [0.4, 0.5) is 13.2 Å². The van der Waals surface area contributed by atoms with Crippen molar-refractivity contribution in [3.05, 3.63) is 29.8 Å². The fraction of sp³-hybridized carbons (Fsp3) is 0.632. The zero-order valence-electron chi connectivity index (χ0n) is 15.6. The number of halogens is 3. The van der Waals surface area contributed by atoms with E-state index in [9.17, 15) is 13.2 Å². The first-order chi connectivity index (χ1) is 13.0. The molecule has 2 aliphatic rings. The standard InChI is InChI=1S/C19H27F3N4O/c1-23-18(24-9-12-26-10-5-2-6-11-26)25-16-13-15(16)14-7-3-4-8-17(14)27-19(20,21)22/h3-4,7-8,15-16H,2,5-6,9-13H2,1H3,(H2,23,24,25). The largest absolute Gasteiger partial charge is 0.573 e. The fourth-order valence-electron chi connectivity index (χ4n) is 3.59. The van der Waals surface area contributed by atoms with Gasteiger partial charge < -0.3 is 20.3 Å². The summed E-state index contributed by atoms with van der Waals surface area (Å²) in [4.78, 5) is 6.66. The fourth-order valence-corrected chi connectivity index (χ4v) is 3.59. The molecule has 1 aliphatic carbocycles. The zero-order valence-corrected chi connectivity index (χ0v) is 15.6. The third-order valence-electron chi connectivity index (χ3n) is 5.05. The Bertz CT molecular complexity index is 644. The summed E-state index contributed by atoms with van der Waals surface area (Å²) < 4.78 is 41.9. The van der Waals surface area contributed by atoms with Crippen LogP contribution >= 0.6 is 0 Å². The maximum Gasteiger partial charge on any atom is 0.573 e. The topological polar surface area (TPSA) is 48.9 Å². The van der Waals surface area contributed by atoms with Crippen LogP contribution in [0.5, 0.6) is 5.75 Å². The molecular weight excluding hydrogens is 357 g/mol. The number of likely N-dealkylation sites (tertiary alicyclic amines) is 1. The highest BCUT2D eigenvalue weighted by Gasteiger charge is 2.42. The van der Waals surface area contributed by atoms with E-state index in [1.807, 2.05) is 0 Å². The van der Waals surface area contributed by atoms with E-state index >= 15 is 0 Å². The summed E-state index contributed by atoms with van der Waals surface area (Å²) in [5.74, 6) is 0.560. The monoisotopic (exact) mass is 384 g/mol. The first-order valence-corrected chi connectivity index (χ1v) is 9.50. The van der Waals surface area contributed by atoms with Gasteiger partial charge >= 0.3 is 6.36 Å². The van der Waals surface area contributed by atoms with E-state index in [0.717, 1.165) is 32.6 Å². The minimum atomic E-state index is -4.68. The Morgan fingerprint density at radius 1 is 1.22 bits per heavy atom. The van der Waals surface area contributed by atoms with Crippen LogP contribution in [0.25, 0.3) is 0 Å². The molecule has 1 aromatic rings. The molecule has 0 bridgehead atoms. The Morgan fingerprint density at radius 3 is 2.67 bits per heavy atom. The number of aliphatic imine (C=N–C) groups is 1. The van der Waals surface area contributed by atoms with Crippen LogP contribution in [0.2, 0.25) is 0 Å². The zero-order chi connectivity index (χ0) is 19.3. The second-order valence-corrected chi connectivity index (χ2v) is 7.08. The van der Waals surface area contributed by atoms with Crippen molar-refractivity contribution >= 4 is 5.96 Å². The van der Waals surface area contributed by atoms with Gasteiger partial charge in [-0.3, -0.25) is 4.99 Å². The Balaban J connectivity index is 1.48. The van der Waals surface area contributed by atoms with Crippen LogP contribution in [0.1, 0.15) is 37.2 Å². The molecule has 1 aromatic carbocycles. The summed E-state index contributed by atoms with van der Waals surface area (Å²) >= 11 is 0. The molecule has 1 saturated heterocycles. The number of piperidine rings is 1. The van der Waals surface area contributed by atoms with Crippen molar-refractivity contribution in [2.75, 3.05) is 33.2 Å². The van der Waals surface area contributed by atoms with Gasteiger partial charge in [0.2, 0.25) is 0 Å². The summed E-state index contributed by atoms with van der Waals surface area (Å²) in [5, 5.41) is 6.60. The smallest absolute Gasteiger partial charge is 0.405 e. The average molecular weight is 384 g/mol.